The van der Waals surface area contributed by atoms with E-state index < -0.39 is 0 Å². The summed E-state index contributed by atoms with van der Waals surface area (Å²) in [6.07, 6.45) is 11.3. The number of nitrogens with zero attached hydrogens (tertiary/aromatic N) is 2. The van der Waals surface area contributed by atoms with Gasteiger partial charge < -0.3 is 4.90 Å². The van der Waals surface area contributed by atoms with Crippen LogP contribution in [-0.4, -0.2) is 23.4 Å². The molecule has 2 heterocycles. The summed E-state index contributed by atoms with van der Waals surface area (Å²) in [5, 5.41) is 0. The molecule has 0 saturated heterocycles. The van der Waals surface area contributed by atoms with Crippen molar-refractivity contribution < 1.29 is 4.58 Å². The Kier molecular flexibility index (Phi) is 7.43. The SMILES string of the molecule is CCN1/C(=C/C=C/C=C/C2=[N+](CC)c3ccc(C(C)C)cc3C2(C)C)C(C)(C)c2cc(C(C)C)ccc21. The summed E-state index contributed by atoms with van der Waals surface area (Å²) in [4.78, 5) is 2.48. The molecule has 0 fully saturated rings. The van der Waals surface area contributed by atoms with Gasteiger partial charge in [-0.1, -0.05) is 78.0 Å². The Morgan fingerprint density at radius 2 is 1.41 bits per heavy atom. The molecule has 2 aliphatic rings. The van der Waals surface area contributed by atoms with Crippen molar-refractivity contribution in [2.75, 3.05) is 18.0 Å². The number of fused-ring (bicyclic) bond motifs is 2. The summed E-state index contributed by atoms with van der Waals surface area (Å²) >= 11 is 0. The molecule has 0 N–H and O–H groups in total. The van der Waals surface area contributed by atoms with Crippen LogP contribution in [0.4, 0.5) is 11.4 Å². The average molecular weight is 496 g/mol. The first-order valence-electron chi connectivity index (χ1n) is 14.2. The molecule has 2 aromatic carbocycles. The number of hydrogen-bond donors (Lipinski definition) is 0. The minimum absolute atomic E-state index is 0.0126. The first kappa shape index (κ1) is 27.2. The highest BCUT2D eigenvalue weighted by Gasteiger charge is 2.44. The van der Waals surface area contributed by atoms with E-state index in [1.807, 2.05) is 0 Å². The van der Waals surface area contributed by atoms with Crippen LogP contribution in [-0.2, 0) is 10.8 Å². The van der Waals surface area contributed by atoms with Gasteiger partial charge in [0.1, 0.15) is 6.54 Å². The highest BCUT2D eigenvalue weighted by atomic mass is 15.2. The van der Waals surface area contributed by atoms with E-state index in [2.05, 4.69) is 145 Å². The van der Waals surface area contributed by atoms with Crippen molar-refractivity contribution in [3.8, 4) is 0 Å². The summed E-state index contributed by atoms with van der Waals surface area (Å²) in [6, 6.07) is 14.1. The van der Waals surface area contributed by atoms with Crippen molar-refractivity contribution in [3.05, 3.63) is 94.7 Å². The van der Waals surface area contributed by atoms with Crippen LogP contribution in [0.5, 0.6) is 0 Å². The van der Waals surface area contributed by atoms with Gasteiger partial charge in [0.15, 0.2) is 5.71 Å². The third-order valence-corrected chi connectivity index (χ3v) is 8.53. The number of rotatable bonds is 7. The van der Waals surface area contributed by atoms with Crippen LogP contribution in [0.1, 0.15) is 103 Å². The molecule has 0 unspecified atom stereocenters. The van der Waals surface area contributed by atoms with Crippen LogP contribution in [0.25, 0.3) is 0 Å². The van der Waals surface area contributed by atoms with Crippen LogP contribution in [0.3, 0.4) is 0 Å². The Morgan fingerprint density at radius 1 is 0.784 bits per heavy atom. The van der Waals surface area contributed by atoms with E-state index in [0.29, 0.717) is 11.8 Å². The van der Waals surface area contributed by atoms with Gasteiger partial charge in [-0.15, -0.1) is 0 Å². The molecule has 0 spiro atoms. The Bertz CT molecular complexity index is 1290. The number of allylic oxidation sites excluding steroid dienone is 6. The molecule has 2 aliphatic heterocycles. The van der Waals surface area contributed by atoms with Crippen LogP contribution in [0, 0.1) is 0 Å². The second-order valence-corrected chi connectivity index (χ2v) is 12.3. The second kappa shape index (κ2) is 10.1. The summed E-state index contributed by atoms with van der Waals surface area (Å²) < 4.78 is 2.48. The number of hydrogen-bond acceptors (Lipinski definition) is 1. The molecule has 0 aliphatic carbocycles. The lowest BCUT2D eigenvalue weighted by Crippen LogP contribution is -2.27. The molecule has 0 radical (unpaired) electrons. The van der Waals surface area contributed by atoms with E-state index in [-0.39, 0.29) is 10.8 Å². The fraction of sp³-hybridized carbons (Fsp3) is 0.457. The molecule has 4 rings (SSSR count). The van der Waals surface area contributed by atoms with Gasteiger partial charge in [0, 0.05) is 41.1 Å². The van der Waals surface area contributed by atoms with Gasteiger partial charge in [-0.2, -0.15) is 4.58 Å². The van der Waals surface area contributed by atoms with Crippen molar-refractivity contribution >= 4 is 17.1 Å². The Balaban J connectivity index is 1.61. The Hall–Kier alpha value is -2.87. The minimum Gasteiger partial charge on any atom is -0.344 e. The zero-order valence-electron chi connectivity index (χ0n) is 24.8. The summed E-state index contributed by atoms with van der Waals surface area (Å²) in [6.45, 7) is 25.0. The van der Waals surface area contributed by atoms with E-state index in [9.17, 15) is 0 Å². The molecule has 196 valence electrons. The van der Waals surface area contributed by atoms with Crippen LogP contribution in [0.15, 0.2) is 72.5 Å². The highest BCUT2D eigenvalue weighted by molar-refractivity contribution is 6.03. The lowest BCUT2D eigenvalue weighted by Gasteiger charge is -2.25. The molecule has 0 saturated carbocycles. The molecule has 2 heteroatoms. The maximum atomic E-state index is 2.48. The first-order chi connectivity index (χ1) is 17.4. The highest BCUT2D eigenvalue weighted by Crippen LogP contribution is 2.48. The lowest BCUT2D eigenvalue weighted by molar-refractivity contribution is -0.433. The average Bonchev–Trinajstić information content (AvgIpc) is 3.21. The topological polar surface area (TPSA) is 6.25 Å². The van der Waals surface area contributed by atoms with Gasteiger partial charge in [-0.25, -0.2) is 0 Å². The summed E-state index contributed by atoms with van der Waals surface area (Å²) in [5.74, 6) is 1.08. The molecule has 0 bridgehead atoms. The third-order valence-electron chi connectivity index (χ3n) is 8.53. The van der Waals surface area contributed by atoms with Gasteiger partial charge in [-0.05, 0) is 74.4 Å². The van der Waals surface area contributed by atoms with Crippen molar-refractivity contribution in [1.82, 2.24) is 0 Å². The van der Waals surface area contributed by atoms with Gasteiger partial charge in [-0.3, -0.25) is 0 Å². The smallest absolute Gasteiger partial charge is 0.209 e. The maximum absolute atomic E-state index is 2.48. The molecule has 37 heavy (non-hydrogen) atoms. The van der Waals surface area contributed by atoms with Crippen LogP contribution < -0.4 is 4.90 Å². The van der Waals surface area contributed by atoms with Crippen molar-refractivity contribution in [3.63, 3.8) is 0 Å². The van der Waals surface area contributed by atoms with Crippen molar-refractivity contribution in [2.24, 2.45) is 0 Å². The van der Waals surface area contributed by atoms with E-state index in [1.165, 1.54) is 45.0 Å². The zero-order chi connectivity index (χ0) is 27.1. The minimum atomic E-state index is -0.0126. The standard InChI is InChI=1S/C35H47N2/c1-11-36-30-20-18-26(24(3)4)22-28(30)34(7,8)32(36)16-14-13-15-17-33-35(9,10)29-23-27(25(5)6)19-21-31(29)37(33)12-2/h13-25H,11-12H2,1-10H3/q+1. The molecule has 2 nitrogen and oxygen atoms in total. The van der Waals surface area contributed by atoms with Gasteiger partial charge in [0.25, 0.3) is 0 Å². The van der Waals surface area contributed by atoms with E-state index >= 15 is 0 Å². The summed E-state index contributed by atoms with van der Waals surface area (Å²) in [5.41, 5.74) is 11.1. The second-order valence-electron chi connectivity index (χ2n) is 12.3. The maximum Gasteiger partial charge on any atom is 0.209 e. The van der Waals surface area contributed by atoms with E-state index in [1.54, 1.807) is 0 Å². The number of anilines is 1. The molecule has 0 atom stereocenters. The van der Waals surface area contributed by atoms with E-state index in [4.69, 9.17) is 0 Å². The normalized spacial score (nSPS) is 19.4. The van der Waals surface area contributed by atoms with E-state index in [0.717, 1.165) is 13.1 Å². The lowest BCUT2D eigenvalue weighted by atomic mass is 9.80. The fourth-order valence-corrected chi connectivity index (χ4v) is 6.14. The quantitative estimate of drug-likeness (QED) is 0.274. The molecule has 2 aromatic rings. The molecule has 0 amide bonds. The molecular formula is C35H47N2+. The summed E-state index contributed by atoms with van der Waals surface area (Å²) in [7, 11) is 0. The Labute approximate surface area is 226 Å². The molecular weight excluding hydrogens is 448 g/mol. The van der Waals surface area contributed by atoms with Crippen molar-refractivity contribution in [1.29, 1.82) is 0 Å². The fourth-order valence-electron chi connectivity index (χ4n) is 6.14. The van der Waals surface area contributed by atoms with Crippen LogP contribution >= 0.6 is 0 Å². The van der Waals surface area contributed by atoms with Gasteiger partial charge in [0.05, 0.1) is 5.41 Å². The predicted molar refractivity (Wildman–Crippen MR) is 162 cm³/mol. The number of benzene rings is 2. The molecule has 0 aromatic heterocycles. The monoisotopic (exact) mass is 495 g/mol. The predicted octanol–water partition coefficient (Wildman–Crippen LogP) is 9.14. The number of likely N-dealkylation sites (N-methyl/N-ethyl adjacent to an activating group) is 1. The zero-order valence-corrected chi connectivity index (χ0v) is 24.8. The van der Waals surface area contributed by atoms with Gasteiger partial charge in [0.2, 0.25) is 5.69 Å². The largest absolute Gasteiger partial charge is 0.344 e. The Morgan fingerprint density at radius 3 is 2.00 bits per heavy atom. The van der Waals surface area contributed by atoms with Crippen LogP contribution in [0.2, 0.25) is 0 Å². The van der Waals surface area contributed by atoms with Gasteiger partial charge >= 0.3 is 0 Å². The third kappa shape index (κ3) is 4.65. The first-order valence-corrected chi connectivity index (χ1v) is 14.2. The van der Waals surface area contributed by atoms with Crippen molar-refractivity contribution in [2.45, 2.75) is 91.9 Å².